The van der Waals surface area contributed by atoms with E-state index < -0.39 is 10.0 Å². The molecular formula is C18H17N5O2S. The molecular weight excluding hydrogens is 350 g/mol. The molecule has 0 aliphatic carbocycles. The van der Waals surface area contributed by atoms with Crippen molar-refractivity contribution in [3.05, 3.63) is 46.1 Å². The molecule has 0 radical (unpaired) electrons. The zero-order chi connectivity index (χ0) is 18.8. The van der Waals surface area contributed by atoms with Gasteiger partial charge < -0.3 is 5.73 Å². The van der Waals surface area contributed by atoms with Crippen LogP contribution in [0.4, 0.5) is 11.5 Å². The number of nitrogens with two attached hydrogens (primary N) is 1. The predicted octanol–water partition coefficient (Wildman–Crippen LogP) is 2.66. The van der Waals surface area contributed by atoms with Crippen LogP contribution in [0.2, 0.25) is 0 Å². The van der Waals surface area contributed by atoms with Crippen molar-refractivity contribution in [3.8, 4) is 11.8 Å². The van der Waals surface area contributed by atoms with Gasteiger partial charge in [-0.2, -0.15) is 5.26 Å². The molecule has 1 aromatic carbocycles. The Hall–Kier alpha value is -3.05. The third-order valence-corrected chi connectivity index (χ3v) is 6.04. The fourth-order valence-electron chi connectivity index (χ4n) is 3.46. The molecule has 3 heterocycles. The van der Waals surface area contributed by atoms with Gasteiger partial charge in [0.05, 0.1) is 17.1 Å². The Morgan fingerprint density at radius 2 is 2.00 bits per heavy atom. The number of aryl methyl sites for hydroxylation is 3. The number of fused-ring (bicyclic) bond motifs is 2. The summed E-state index contributed by atoms with van der Waals surface area (Å²) < 4.78 is 28.4. The van der Waals surface area contributed by atoms with Crippen molar-refractivity contribution >= 4 is 32.6 Å². The summed E-state index contributed by atoms with van der Waals surface area (Å²) in [6, 6.07) is 7.64. The van der Waals surface area contributed by atoms with Crippen LogP contribution in [0.15, 0.2) is 18.2 Å². The van der Waals surface area contributed by atoms with Crippen molar-refractivity contribution < 1.29 is 8.42 Å². The van der Waals surface area contributed by atoms with Gasteiger partial charge in [0.2, 0.25) is 10.0 Å². The van der Waals surface area contributed by atoms with Crippen molar-refractivity contribution in [1.82, 2.24) is 9.55 Å². The molecule has 2 aromatic heterocycles. The lowest BCUT2D eigenvalue weighted by Crippen LogP contribution is -2.07. The molecule has 0 fully saturated rings. The summed E-state index contributed by atoms with van der Waals surface area (Å²) in [7, 11) is -3.42. The average Bonchev–Trinajstić information content (AvgIpc) is 3.01. The predicted molar refractivity (Wildman–Crippen MR) is 101 cm³/mol. The highest BCUT2D eigenvalue weighted by atomic mass is 32.2. The number of nitrogens with zero attached hydrogens (tertiary/aromatic N) is 3. The first kappa shape index (κ1) is 16.4. The van der Waals surface area contributed by atoms with Gasteiger partial charge >= 0.3 is 0 Å². The number of hydrogen-bond acceptors (Lipinski definition) is 5. The van der Waals surface area contributed by atoms with Crippen LogP contribution in [-0.4, -0.2) is 18.0 Å². The van der Waals surface area contributed by atoms with Crippen molar-refractivity contribution in [2.24, 2.45) is 0 Å². The molecule has 0 spiro atoms. The second-order valence-corrected chi connectivity index (χ2v) is 8.31. The van der Waals surface area contributed by atoms with Gasteiger partial charge in [-0.1, -0.05) is 6.07 Å². The van der Waals surface area contributed by atoms with Crippen molar-refractivity contribution in [2.45, 2.75) is 26.5 Å². The summed E-state index contributed by atoms with van der Waals surface area (Å²) in [5.74, 6) is 0.131. The summed E-state index contributed by atoms with van der Waals surface area (Å²) >= 11 is 0. The van der Waals surface area contributed by atoms with E-state index in [9.17, 15) is 13.7 Å². The van der Waals surface area contributed by atoms with Crippen molar-refractivity contribution in [2.75, 3.05) is 10.5 Å². The van der Waals surface area contributed by atoms with E-state index in [2.05, 4.69) is 15.8 Å². The Bertz CT molecular complexity index is 1250. The minimum atomic E-state index is -3.42. The SMILES string of the molecule is Cc1cc2c(C#N)c(N)n(-c3c(C)ccc4c3CS(=O)(=O)N4)c2nc1C. The van der Waals surface area contributed by atoms with Gasteiger partial charge in [0, 0.05) is 16.6 Å². The molecule has 0 amide bonds. The molecule has 0 saturated carbocycles. The van der Waals surface area contributed by atoms with E-state index in [1.54, 1.807) is 10.6 Å². The molecule has 3 N–H and O–H groups in total. The van der Waals surface area contributed by atoms with Crippen LogP contribution < -0.4 is 10.5 Å². The monoisotopic (exact) mass is 367 g/mol. The first-order chi connectivity index (χ1) is 12.2. The summed E-state index contributed by atoms with van der Waals surface area (Å²) in [5.41, 5.74) is 11.7. The van der Waals surface area contributed by atoms with Gasteiger partial charge in [-0.05, 0) is 44.0 Å². The lowest BCUT2D eigenvalue weighted by atomic mass is 10.1. The second kappa shape index (κ2) is 5.22. The minimum absolute atomic E-state index is 0.134. The highest BCUT2D eigenvalue weighted by Crippen LogP contribution is 2.39. The molecule has 8 heteroatoms. The number of nitriles is 1. The van der Waals surface area contributed by atoms with Gasteiger partial charge in [-0.3, -0.25) is 9.29 Å². The number of benzene rings is 1. The molecule has 132 valence electrons. The van der Waals surface area contributed by atoms with E-state index in [0.717, 1.165) is 16.8 Å². The lowest BCUT2D eigenvalue weighted by molar-refractivity contribution is 0.602. The number of anilines is 2. The topological polar surface area (TPSA) is 114 Å². The molecule has 0 atom stereocenters. The molecule has 4 rings (SSSR count). The number of sulfonamides is 1. The van der Waals surface area contributed by atoms with Gasteiger partial charge in [0.15, 0.2) is 0 Å². The van der Waals surface area contributed by atoms with Crippen LogP contribution in [0.5, 0.6) is 0 Å². The van der Waals surface area contributed by atoms with Crippen LogP contribution in [0.3, 0.4) is 0 Å². The van der Waals surface area contributed by atoms with Crippen LogP contribution in [0.1, 0.15) is 27.9 Å². The highest BCUT2D eigenvalue weighted by Gasteiger charge is 2.30. The first-order valence-electron chi connectivity index (χ1n) is 8.05. The number of pyridine rings is 1. The third kappa shape index (κ3) is 2.17. The van der Waals surface area contributed by atoms with Crippen LogP contribution in [-0.2, 0) is 15.8 Å². The first-order valence-corrected chi connectivity index (χ1v) is 9.70. The standard InChI is InChI=1S/C18H17N5O2S/c1-9-4-5-15-14(8-26(24,25)22-15)16(9)23-17(20)13(7-19)12-6-10(2)11(3)21-18(12)23/h4-6,22H,8,20H2,1-3H3. The molecule has 1 aliphatic rings. The largest absolute Gasteiger partial charge is 0.384 e. The van der Waals surface area contributed by atoms with Gasteiger partial charge in [-0.25, -0.2) is 13.4 Å². The highest BCUT2D eigenvalue weighted by molar-refractivity contribution is 7.92. The molecule has 3 aromatic rings. The van der Waals surface area contributed by atoms with E-state index >= 15 is 0 Å². The number of aromatic nitrogens is 2. The Balaban J connectivity index is 2.16. The quantitative estimate of drug-likeness (QED) is 0.686. The Kier molecular flexibility index (Phi) is 3.30. The number of hydrogen-bond donors (Lipinski definition) is 2. The number of nitrogens with one attached hydrogen (secondary N) is 1. The summed E-state index contributed by atoms with van der Waals surface area (Å²) in [6.45, 7) is 5.71. The second-order valence-electron chi connectivity index (χ2n) is 6.59. The van der Waals surface area contributed by atoms with Crippen molar-refractivity contribution in [1.29, 1.82) is 5.26 Å². The maximum atomic E-state index is 12.1. The summed E-state index contributed by atoms with van der Waals surface area (Å²) in [5, 5.41) is 10.3. The van der Waals surface area contributed by atoms with Gasteiger partial charge in [0.25, 0.3) is 0 Å². The number of rotatable bonds is 1. The molecule has 0 bridgehead atoms. The molecule has 1 aliphatic heterocycles. The normalized spacial score (nSPS) is 14.8. The molecule has 0 unspecified atom stereocenters. The van der Waals surface area contributed by atoms with Gasteiger partial charge in [-0.15, -0.1) is 0 Å². The summed E-state index contributed by atoms with van der Waals surface area (Å²) in [6.07, 6.45) is 0. The fraction of sp³-hybridized carbons (Fsp3) is 0.222. The average molecular weight is 367 g/mol. The van der Waals surface area contributed by atoms with Crippen molar-refractivity contribution in [3.63, 3.8) is 0 Å². The van der Waals surface area contributed by atoms with Crippen LogP contribution in [0, 0.1) is 32.1 Å². The van der Waals surface area contributed by atoms with Crippen LogP contribution in [0.25, 0.3) is 16.7 Å². The molecule has 7 nitrogen and oxygen atoms in total. The summed E-state index contributed by atoms with van der Waals surface area (Å²) in [4.78, 5) is 4.65. The maximum Gasteiger partial charge on any atom is 0.237 e. The van der Waals surface area contributed by atoms with E-state index in [-0.39, 0.29) is 11.6 Å². The zero-order valence-electron chi connectivity index (χ0n) is 14.6. The van der Waals surface area contributed by atoms with Crippen LogP contribution >= 0.6 is 0 Å². The Morgan fingerprint density at radius 3 is 2.69 bits per heavy atom. The lowest BCUT2D eigenvalue weighted by Gasteiger charge is -2.15. The Labute approximate surface area is 151 Å². The Morgan fingerprint density at radius 1 is 1.27 bits per heavy atom. The molecule has 26 heavy (non-hydrogen) atoms. The van der Waals surface area contributed by atoms with E-state index in [0.29, 0.717) is 33.5 Å². The smallest absolute Gasteiger partial charge is 0.237 e. The third-order valence-electron chi connectivity index (χ3n) is 4.84. The fourth-order valence-corrected chi connectivity index (χ4v) is 4.73. The van der Waals surface area contributed by atoms with E-state index in [1.165, 1.54) is 0 Å². The maximum absolute atomic E-state index is 12.1. The van der Waals surface area contributed by atoms with E-state index in [1.807, 2.05) is 32.9 Å². The zero-order valence-corrected chi connectivity index (χ0v) is 15.4. The van der Waals surface area contributed by atoms with E-state index in [4.69, 9.17) is 5.73 Å². The molecule has 0 saturated heterocycles. The number of nitrogen functional groups attached to an aromatic ring is 1. The minimum Gasteiger partial charge on any atom is -0.384 e. The van der Waals surface area contributed by atoms with Gasteiger partial charge in [0.1, 0.15) is 23.1 Å².